The predicted octanol–water partition coefficient (Wildman–Crippen LogP) is 2.06. The Morgan fingerprint density at radius 2 is 2.33 bits per heavy atom. The Morgan fingerprint density at radius 3 is 3.14 bits per heavy atom. The van der Waals surface area contributed by atoms with Gasteiger partial charge in [-0.3, -0.25) is 4.90 Å². The van der Waals surface area contributed by atoms with Gasteiger partial charge in [-0.05, 0) is 12.6 Å². The molecule has 0 spiro atoms. The van der Waals surface area contributed by atoms with Crippen molar-refractivity contribution in [3.05, 3.63) is 42.5 Å². The van der Waals surface area contributed by atoms with Gasteiger partial charge in [0.2, 0.25) is 0 Å². The van der Waals surface area contributed by atoms with E-state index in [-0.39, 0.29) is 6.10 Å². The summed E-state index contributed by atoms with van der Waals surface area (Å²) in [6.07, 6.45) is 2.04. The summed E-state index contributed by atoms with van der Waals surface area (Å²) in [5.74, 6) is 0.921. The molecule has 0 bridgehead atoms. The maximum Gasteiger partial charge on any atom is 0.124 e. The molecule has 1 aromatic rings. The molecule has 1 aliphatic heterocycles. The number of nitrogens with zero attached hydrogens (tertiary/aromatic N) is 1. The van der Waals surface area contributed by atoms with Crippen molar-refractivity contribution in [1.29, 1.82) is 0 Å². The first kappa shape index (κ1) is 16.0. The van der Waals surface area contributed by atoms with Crippen LogP contribution in [0.4, 0.5) is 0 Å². The minimum atomic E-state index is 0.278. The fourth-order valence-electron chi connectivity index (χ4n) is 2.50. The van der Waals surface area contributed by atoms with E-state index in [1.165, 1.54) is 5.56 Å². The molecular weight excluding hydrogens is 264 g/mol. The van der Waals surface area contributed by atoms with Crippen LogP contribution in [-0.4, -0.2) is 50.4 Å². The average Bonchev–Trinajstić information content (AvgIpc) is 2.54. The number of likely N-dealkylation sites (N-methyl/N-ethyl adjacent to an activating group) is 1. The first-order valence-corrected chi connectivity index (χ1v) is 7.69. The van der Waals surface area contributed by atoms with Gasteiger partial charge in [-0.2, -0.15) is 0 Å². The van der Waals surface area contributed by atoms with Crippen LogP contribution in [0.2, 0.25) is 0 Å². The Kier molecular flexibility index (Phi) is 6.73. The van der Waals surface area contributed by atoms with Crippen LogP contribution in [0.3, 0.4) is 0 Å². The number of benzene rings is 1. The van der Waals surface area contributed by atoms with E-state index in [1.807, 2.05) is 18.2 Å². The summed E-state index contributed by atoms with van der Waals surface area (Å²) in [5.41, 5.74) is 1.17. The molecule has 0 aromatic heterocycles. The van der Waals surface area contributed by atoms with Crippen LogP contribution in [0.15, 0.2) is 36.9 Å². The van der Waals surface area contributed by atoms with E-state index in [2.05, 4.69) is 29.8 Å². The van der Waals surface area contributed by atoms with Crippen LogP contribution in [0.1, 0.15) is 12.5 Å². The highest BCUT2D eigenvalue weighted by Crippen LogP contribution is 2.17. The van der Waals surface area contributed by atoms with Gasteiger partial charge >= 0.3 is 0 Å². The van der Waals surface area contributed by atoms with E-state index < -0.39 is 0 Å². The Bertz CT molecular complexity index is 437. The van der Waals surface area contributed by atoms with E-state index in [4.69, 9.17) is 9.47 Å². The molecule has 1 heterocycles. The molecule has 0 radical (unpaired) electrons. The molecule has 1 N–H and O–H groups in total. The fourth-order valence-corrected chi connectivity index (χ4v) is 2.50. The molecule has 2 rings (SSSR count). The maximum absolute atomic E-state index is 5.79. The molecule has 1 unspecified atom stereocenters. The molecule has 1 saturated heterocycles. The Morgan fingerprint density at radius 1 is 1.48 bits per heavy atom. The predicted molar refractivity (Wildman–Crippen MR) is 85.7 cm³/mol. The lowest BCUT2D eigenvalue weighted by Crippen LogP contribution is -2.46. The van der Waals surface area contributed by atoms with Gasteiger partial charge < -0.3 is 14.8 Å². The quantitative estimate of drug-likeness (QED) is 0.743. The van der Waals surface area contributed by atoms with Gasteiger partial charge in [-0.25, -0.2) is 0 Å². The molecule has 0 saturated carbocycles. The van der Waals surface area contributed by atoms with Gasteiger partial charge in [-0.1, -0.05) is 37.8 Å². The fraction of sp³-hybridized carbons (Fsp3) is 0.529. The summed E-state index contributed by atoms with van der Waals surface area (Å²) in [6, 6.07) is 8.11. The number of morpholine rings is 1. The van der Waals surface area contributed by atoms with Crippen molar-refractivity contribution in [2.45, 2.75) is 19.6 Å². The van der Waals surface area contributed by atoms with Crippen molar-refractivity contribution in [3.8, 4) is 5.75 Å². The third-order valence-corrected chi connectivity index (χ3v) is 3.69. The van der Waals surface area contributed by atoms with Gasteiger partial charge in [0, 0.05) is 31.7 Å². The van der Waals surface area contributed by atoms with E-state index >= 15 is 0 Å². The lowest BCUT2D eigenvalue weighted by Gasteiger charge is -2.32. The summed E-state index contributed by atoms with van der Waals surface area (Å²) in [5, 5.41) is 3.48. The zero-order valence-corrected chi connectivity index (χ0v) is 12.9. The lowest BCUT2D eigenvalue weighted by atomic mass is 10.2. The highest BCUT2D eigenvalue weighted by atomic mass is 16.5. The summed E-state index contributed by atoms with van der Waals surface area (Å²) < 4.78 is 11.5. The van der Waals surface area contributed by atoms with Crippen molar-refractivity contribution in [3.63, 3.8) is 0 Å². The zero-order valence-electron chi connectivity index (χ0n) is 12.9. The molecule has 1 fully saturated rings. The number of rotatable bonds is 8. The van der Waals surface area contributed by atoms with Crippen molar-refractivity contribution < 1.29 is 9.47 Å². The van der Waals surface area contributed by atoms with Gasteiger partial charge in [0.1, 0.15) is 12.4 Å². The number of para-hydroxylation sites is 1. The Labute approximate surface area is 127 Å². The lowest BCUT2D eigenvalue weighted by molar-refractivity contribution is -0.0253. The SMILES string of the molecule is C=CCOc1ccccc1CNCC1CN(CC)CCO1. The van der Waals surface area contributed by atoms with Crippen LogP contribution >= 0.6 is 0 Å². The molecule has 4 heteroatoms. The second-order valence-corrected chi connectivity index (χ2v) is 5.22. The third-order valence-electron chi connectivity index (χ3n) is 3.69. The van der Waals surface area contributed by atoms with E-state index in [1.54, 1.807) is 6.08 Å². The van der Waals surface area contributed by atoms with Gasteiger partial charge in [0.15, 0.2) is 0 Å². The third kappa shape index (κ3) is 5.16. The van der Waals surface area contributed by atoms with E-state index in [0.29, 0.717) is 6.61 Å². The molecule has 1 aromatic carbocycles. The second kappa shape index (κ2) is 8.82. The van der Waals surface area contributed by atoms with Crippen LogP contribution in [0.25, 0.3) is 0 Å². The van der Waals surface area contributed by atoms with Gasteiger partial charge in [-0.15, -0.1) is 0 Å². The second-order valence-electron chi connectivity index (χ2n) is 5.22. The smallest absolute Gasteiger partial charge is 0.124 e. The number of nitrogens with one attached hydrogen (secondary N) is 1. The standard InChI is InChI=1S/C17H26N2O2/c1-3-10-21-17-8-6-5-7-15(17)12-18-13-16-14-19(4-2)9-11-20-16/h3,5-8,16,18H,1,4,9-14H2,2H3. The minimum Gasteiger partial charge on any atom is -0.489 e. The van der Waals surface area contributed by atoms with Crippen LogP contribution in [-0.2, 0) is 11.3 Å². The van der Waals surface area contributed by atoms with Gasteiger partial charge in [0.25, 0.3) is 0 Å². The molecule has 4 nitrogen and oxygen atoms in total. The Hall–Kier alpha value is -1.36. The molecular formula is C17H26N2O2. The maximum atomic E-state index is 5.79. The van der Waals surface area contributed by atoms with E-state index in [0.717, 1.165) is 45.1 Å². The minimum absolute atomic E-state index is 0.278. The zero-order chi connectivity index (χ0) is 14.9. The summed E-state index contributed by atoms with van der Waals surface area (Å²) >= 11 is 0. The topological polar surface area (TPSA) is 33.7 Å². The molecule has 1 aliphatic rings. The van der Waals surface area contributed by atoms with Crippen LogP contribution < -0.4 is 10.1 Å². The normalized spacial score (nSPS) is 19.4. The highest BCUT2D eigenvalue weighted by molar-refractivity contribution is 5.33. The Balaban J connectivity index is 1.79. The number of hydrogen-bond acceptors (Lipinski definition) is 4. The monoisotopic (exact) mass is 290 g/mol. The largest absolute Gasteiger partial charge is 0.489 e. The summed E-state index contributed by atoms with van der Waals surface area (Å²) in [6.45, 7) is 12.1. The van der Waals surface area contributed by atoms with Crippen molar-refractivity contribution in [1.82, 2.24) is 10.2 Å². The summed E-state index contributed by atoms with van der Waals surface area (Å²) in [7, 11) is 0. The average molecular weight is 290 g/mol. The van der Waals surface area contributed by atoms with Crippen LogP contribution in [0.5, 0.6) is 5.75 Å². The van der Waals surface area contributed by atoms with Crippen molar-refractivity contribution >= 4 is 0 Å². The van der Waals surface area contributed by atoms with E-state index in [9.17, 15) is 0 Å². The van der Waals surface area contributed by atoms with Gasteiger partial charge in [0.05, 0.1) is 12.7 Å². The molecule has 21 heavy (non-hydrogen) atoms. The molecule has 0 aliphatic carbocycles. The number of hydrogen-bond donors (Lipinski definition) is 1. The van der Waals surface area contributed by atoms with Crippen molar-refractivity contribution in [2.24, 2.45) is 0 Å². The molecule has 116 valence electrons. The first-order valence-electron chi connectivity index (χ1n) is 7.69. The highest BCUT2D eigenvalue weighted by Gasteiger charge is 2.18. The van der Waals surface area contributed by atoms with Crippen LogP contribution in [0, 0.1) is 0 Å². The molecule has 1 atom stereocenters. The van der Waals surface area contributed by atoms with Crippen molar-refractivity contribution in [2.75, 3.05) is 39.4 Å². The summed E-state index contributed by atoms with van der Waals surface area (Å²) in [4.78, 5) is 2.43. The first-order chi connectivity index (χ1) is 10.3. The number of ether oxygens (including phenoxy) is 2. The molecule has 0 amide bonds.